The van der Waals surface area contributed by atoms with Gasteiger partial charge < -0.3 is 4.90 Å². The van der Waals surface area contributed by atoms with Crippen LogP contribution in [0.1, 0.15) is 15.9 Å². The number of aromatic nitrogens is 2. The van der Waals surface area contributed by atoms with E-state index in [-0.39, 0.29) is 5.91 Å². The molecule has 114 valence electrons. The van der Waals surface area contributed by atoms with Gasteiger partial charge in [-0.1, -0.05) is 12.1 Å². The fourth-order valence-corrected chi connectivity index (χ4v) is 2.24. The molecule has 4 nitrogen and oxygen atoms in total. The van der Waals surface area contributed by atoms with Gasteiger partial charge in [-0.05, 0) is 42.0 Å². The van der Waals surface area contributed by atoms with Gasteiger partial charge in [-0.25, -0.2) is 4.39 Å². The fraction of sp³-hybridized carbons (Fsp3) is 0.0556. The standard InChI is InChI=1S/C18H14FN3O/c19-16-6-1-7-17(10-16)22(13-14-4-2-8-20-11-14)18(23)15-5-3-9-21-12-15/h1-12H,13H2. The van der Waals surface area contributed by atoms with Crippen LogP contribution in [0.25, 0.3) is 0 Å². The first-order chi connectivity index (χ1) is 11.2. The summed E-state index contributed by atoms with van der Waals surface area (Å²) in [7, 11) is 0. The number of halogens is 1. The van der Waals surface area contributed by atoms with Crippen LogP contribution in [-0.4, -0.2) is 15.9 Å². The van der Waals surface area contributed by atoms with E-state index in [2.05, 4.69) is 9.97 Å². The summed E-state index contributed by atoms with van der Waals surface area (Å²) in [5, 5.41) is 0. The highest BCUT2D eigenvalue weighted by Gasteiger charge is 2.18. The van der Waals surface area contributed by atoms with Crippen LogP contribution in [0.5, 0.6) is 0 Å². The molecule has 0 aliphatic carbocycles. The predicted molar refractivity (Wildman–Crippen MR) is 85.4 cm³/mol. The third-order valence-electron chi connectivity index (χ3n) is 3.34. The molecule has 0 aliphatic rings. The van der Waals surface area contributed by atoms with Crippen molar-refractivity contribution in [2.75, 3.05) is 4.90 Å². The number of benzene rings is 1. The number of hydrogen-bond acceptors (Lipinski definition) is 3. The summed E-state index contributed by atoms with van der Waals surface area (Å²) in [6.07, 6.45) is 6.45. The van der Waals surface area contributed by atoms with Crippen LogP contribution in [0.3, 0.4) is 0 Å². The molecule has 0 fully saturated rings. The van der Waals surface area contributed by atoms with Crippen LogP contribution in [0.2, 0.25) is 0 Å². The van der Waals surface area contributed by atoms with E-state index < -0.39 is 5.82 Å². The Morgan fingerprint density at radius 1 is 1.00 bits per heavy atom. The highest BCUT2D eigenvalue weighted by molar-refractivity contribution is 6.05. The molecule has 0 bridgehead atoms. The number of anilines is 1. The molecule has 1 aromatic carbocycles. The molecule has 0 radical (unpaired) electrons. The minimum absolute atomic E-state index is 0.243. The Bertz CT molecular complexity index is 794. The Morgan fingerprint density at radius 2 is 1.78 bits per heavy atom. The zero-order valence-electron chi connectivity index (χ0n) is 12.3. The van der Waals surface area contributed by atoms with Crippen molar-refractivity contribution < 1.29 is 9.18 Å². The highest BCUT2D eigenvalue weighted by atomic mass is 19.1. The normalized spacial score (nSPS) is 10.3. The third kappa shape index (κ3) is 3.58. The van der Waals surface area contributed by atoms with Crippen LogP contribution in [0.4, 0.5) is 10.1 Å². The molecule has 5 heteroatoms. The van der Waals surface area contributed by atoms with Crippen LogP contribution >= 0.6 is 0 Å². The Hall–Kier alpha value is -3.08. The van der Waals surface area contributed by atoms with Gasteiger partial charge in [0.25, 0.3) is 5.91 Å². The minimum atomic E-state index is -0.391. The van der Waals surface area contributed by atoms with Crippen molar-refractivity contribution in [3.05, 3.63) is 90.3 Å². The van der Waals surface area contributed by atoms with Crippen molar-refractivity contribution in [3.8, 4) is 0 Å². The Balaban J connectivity index is 1.98. The minimum Gasteiger partial charge on any atom is -0.304 e. The molecule has 0 N–H and O–H groups in total. The number of rotatable bonds is 4. The topological polar surface area (TPSA) is 46.1 Å². The second-order valence-electron chi connectivity index (χ2n) is 4.97. The lowest BCUT2D eigenvalue weighted by molar-refractivity contribution is 0.0984. The van der Waals surface area contributed by atoms with E-state index in [0.29, 0.717) is 17.8 Å². The molecule has 2 aromatic heterocycles. The number of amides is 1. The van der Waals surface area contributed by atoms with Gasteiger partial charge >= 0.3 is 0 Å². The Morgan fingerprint density at radius 3 is 2.43 bits per heavy atom. The maximum atomic E-state index is 13.6. The summed E-state index contributed by atoms with van der Waals surface area (Å²) in [6, 6.07) is 13.0. The molecule has 2 heterocycles. The lowest BCUT2D eigenvalue weighted by Crippen LogP contribution is -2.30. The molecule has 1 amide bonds. The SMILES string of the molecule is O=C(c1cccnc1)N(Cc1cccnc1)c1cccc(F)c1. The summed E-state index contributed by atoms with van der Waals surface area (Å²) < 4.78 is 13.6. The maximum absolute atomic E-state index is 13.6. The van der Waals surface area contributed by atoms with Crippen molar-refractivity contribution in [2.24, 2.45) is 0 Å². The van der Waals surface area contributed by atoms with E-state index in [0.717, 1.165) is 5.56 Å². The van der Waals surface area contributed by atoms with Crippen molar-refractivity contribution in [1.29, 1.82) is 0 Å². The van der Waals surface area contributed by atoms with Crippen LogP contribution in [0.15, 0.2) is 73.3 Å². The molecule has 0 saturated carbocycles. The number of hydrogen-bond donors (Lipinski definition) is 0. The van der Waals surface area contributed by atoms with Gasteiger partial charge in [0, 0.05) is 30.5 Å². The average molecular weight is 307 g/mol. The number of carbonyl (C=O) groups is 1. The summed E-state index contributed by atoms with van der Waals surface area (Å²) in [4.78, 5) is 22.3. The fourth-order valence-electron chi connectivity index (χ4n) is 2.24. The lowest BCUT2D eigenvalue weighted by atomic mass is 10.2. The number of nitrogens with zero attached hydrogens (tertiary/aromatic N) is 3. The van der Waals surface area contributed by atoms with E-state index in [1.165, 1.54) is 23.2 Å². The molecular formula is C18H14FN3O. The third-order valence-corrected chi connectivity index (χ3v) is 3.34. The second-order valence-corrected chi connectivity index (χ2v) is 4.97. The molecule has 0 aliphatic heterocycles. The molecule has 23 heavy (non-hydrogen) atoms. The van der Waals surface area contributed by atoms with Crippen LogP contribution < -0.4 is 4.90 Å². The van der Waals surface area contributed by atoms with Crippen LogP contribution in [-0.2, 0) is 6.54 Å². The molecule has 3 aromatic rings. The molecule has 0 unspecified atom stereocenters. The van der Waals surface area contributed by atoms with Crippen molar-refractivity contribution in [2.45, 2.75) is 6.54 Å². The summed E-state index contributed by atoms with van der Waals surface area (Å²) in [5.41, 5.74) is 1.79. The molecule has 0 atom stereocenters. The Kier molecular flexibility index (Phi) is 4.38. The van der Waals surface area contributed by atoms with Gasteiger partial charge in [-0.2, -0.15) is 0 Å². The number of carbonyl (C=O) groups excluding carboxylic acids is 1. The summed E-state index contributed by atoms with van der Waals surface area (Å²) in [6.45, 7) is 0.297. The van der Waals surface area contributed by atoms with E-state index >= 15 is 0 Å². The van der Waals surface area contributed by atoms with E-state index in [1.54, 1.807) is 48.9 Å². The zero-order valence-corrected chi connectivity index (χ0v) is 12.3. The van der Waals surface area contributed by atoms with Crippen molar-refractivity contribution >= 4 is 11.6 Å². The molecule has 0 spiro atoms. The summed E-state index contributed by atoms with van der Waals surface area (Å²) in [5.74, 6) is -0.634. The van der Waals surface area contributed by atoms with E-state index in [1.807, 2.05) is 6.07 Å². The largest absolute Gasteiger partial charge is 0.304 e. The van der Waals surface area contributed by atoms with E-state index in [9.17, 15) is 9.18 Å². The first-order valence-electron chi connectivity index (χ1n) is 7.10. The maximum Gasteiger partial charge on any atom is 0.260 e. The van der Waals surface area contributed by atoms with Crippen LogP contribution in [0, 0.1) is 5.82 Å². The quantitative estimate of drug-likeness (QED) is 0.741. The summed E-state index contributed by atoms with van der Waals surface area (Å²) >= 11 is 0. The van der Waals surface area contributed by atoms with Gasteiger partial charge in [0.2, 0.25) is 0 Å². The number of pyridine rings is 2. The highest BCUT2D eigenvalue weighted by Crippen LogP contribution is 2.20. The Labute approximate surface area is 133 Å². The predicted octanol–water partition coefficient (Wildman–Crippen LogP) is 3.46. The smallest absolute Gasteiger partial charge is 0.260 e. The first-order valence-corrected chi connectivity index (χ1v) is 7.10. The van der Waals surface area contributed by atoms with Gasteiger partial charge in [0.05, 0.1) is 12.1 Å². The molecule has 0 saturated heterocycles. The van der Waals surface area contributed by atoms with Gasteiger partial charge in [0.1, 0.15) is 5.82 Å². The van der Waals surface area contributed by atoms with Crippen molar-refractivity contribution in [3.63, 3.8) is 0 Å². The van der Waals surface area contributed by atoms with E-state index in [4.69, 9.17) is 0 Å². The average Bonchev–Trinajstić information content (AvgIpc) is 2.61. The van der Waals surface area contributed by atoms with Gasteiger partial charge in [0.15, 0.2) is 0 Å². The van der Waals surface area contributed by atoms with Crippen molar-refractivity contribution in [1.82, 2.24) is 9.97 Å². The zero-order chi connectivity index (χ0) is 16.1. The van der Waals surface area contributed by atoms with Gasteiger partial charge in [-0.3, -0.25) is 14.8 Å². The first kappa shape index (κ1) is 14.8. The van der Waals surface area contributed by atoms with Gasteiger partial charge in [-0.15, -0.1) is 0 Å². The molecular weight excluding hydrogens is 293 g/mol. The molecule has 3 rings (SSSR count). The second kappa shape index (κ2) is 6.79. The lowest BCUT2D eigenvalue weighted by Gasteiger charge is -2.23. The monoisotopic (exact) mass is 307 g/mol.